The van der Waals surface area contributed by atoms with E-state index in [0.29, 0.717) is 18.1 Å². The van der Waals surface area contributed by atoms with E-state index in [9.17, 15) is 9.59 Å². The number of ether oxygens (including phenoxy) is 1. The lowest BCUT2D eigenvalue weighted by Gasteiger charge is -2.22. The minimum absolute atomic E-state index is 0.134. The van der Waals surface area contributed by atoms with Crippen LogP contribution in [0.5, 0.6) is 0 Å². The number of nitrogens with one attached hydrogen (secondary N) is 2. The molecule has 0 aliphatic carbocycles. The maximum absolute atomic E-state index is 13.1. The zero-order chi connectivity index (χ0) is 25.6. The van der Waals surface area contributed by atoms with Gasteiger partial charge in [-0.15, -0.1) is 0 Å². The van der Waals surface area contributed by atoms with E-state index in [4.69, 9.17) is 9.84 Å². The summed E-state index contributed by atoms with van der Waals surface area (Å²) < 4.78 is 6.87. The predicted molar refractivity (Wildman–Crippen MR) is 139 cm³/mol. The molecule has 0 fully saturated rings. The number of aromatic nitrogens is 2. The lowest BCUT2D eigenvalue weighted by molar-refractivity contribution is -0.116. The summed E-state index contributed by atoms with van der Waals surface area (Å²) in [5.74, 6) is 0.225. The van der Waals surface area contributed by atoms with Crippen molar-refractivity contribution in [2.75, 3.05) is 37.4 Å². The molecular weight excluding hydrogens is 442 g/mol. The second-order valence-corrected chi connectivity index (χ2v) is 9.67. The van der Waals surface area contributed by atoms with Crippen LogP contribution >= 0.6 is 0 Å². The molecule has 0 unspecified atom stereocenters. The molecule has 0 spiro atoms. The lowest BCUT2D eigenvalue weighted by atomic mass is 9.92. The van der Waals surface area contributed by atoms with Crippen LogP contribution in [0.4, 0.5) is 16.3 Å². The maximum Gasteiger partial charge on any atom is 0.322 e. The lowest BCUT2D eigenvalue weighted by Crippen LogP contribution is -2.42. The van der Waals surface area contributed by atoms with Crippen LogP contribution in [0.25, 0.3) is 5.69 Å². The number of benzene rings is 2. The monoisotopic (exact) mass is 477 g/mol. The van der Waals surface area contributed by atoms with Crippen molar-refractivity contribution in [3.8, 4) is 5.69 Å². The van der Waals surface area contributed by atoms with Gasteiger partial charge < -0.3 is 20.3 Å². The molecule has 35 heavy (non-hydrogen) atoms. The van der Waals surface area contributed by atoms with Crippen LogP contribution in [0.3, 0.4) is 0 Å². The van der Waals surface area contributed by atoms with Crippen molar-refractivity contribution in [3.63, 3.8) is 0 Å². The minimum atomic E-state index is -0.372. The largest absolute Gasteiger partial charge is 0.383 e. The second-order valence-electron chi connectivity index (χ2n) is 9.67. The van der Waals surface area contributed by atoms with Crippen LogP contribution in [0.1, 0.15) is 37.6 Å². The van der Waals surface area contributed by atoms with Gasteiger partial charge in [0.2, 0.25) is 5.91 Å². The molecule has 186 valence electrons. The smallest absolute Gasteiger partial charge is 0.322 e. The number of carbonyl (C=O) groups excluding carboxylic acids is 2. The first-order chi connectivity index (χ1) is 16.6. The highest BCUT2D eigenvalue weighted by molar-refractivity contribution is 5.96. The standard InChI is InChI=1S/C27H35N5O3/c1-19-7-11-21(12-8-19)28-26(34)31(15-16-35-6)18-25(33)29-24-17-23(27(3,4)5)30-32(24)22-13-9-20(2)10-14-22/h7-14,17H,15-16,18H2,1-6H3,(H,28,34)(H,29,33). The first kappa shape index (κ1) is 26.0. The summed E-state index contributed by atoms with van der Waals surface area (Å²) in [6.45, 7) is 10.7. The van der Waals surface area contributed by atoms with Crippen molar-refractivity contribution in [2.45, 2.75) is 40.0 Å². The fraction of sp³-hybridized carbons (Fsp3) is 0.370. The molecule has 2 N–H and O–H groups in total. The number of amides is 3. The van der Waals surface area contributed by atoms with E-state index in [1.54, 1.807) is 11.8 Å². The third-order valence-corrected chi connectivity index (χ3v) is 5.51. The van der Waals surface area contributed by atoms with Crippen molar-refractivity contribution in [1.82, 2.24) is 14.7 Å². The van der Waals surface area contributed by atoms with Gasteiger partial charge in [0, 0.05) is 30.8 Å². The summed E-state index contributed by atoms with van der Waals surface area (Å²) in [5, 5.41) is 10.5. The van der Waals surface area contributed by atoms with Crippen molar-refractivity contribution in [3.05, 3.63) is 71.4 Å². The summed E-state index contributed by atoms with van der Waals surface area (Å²) in [6.07, 6.45) is 0. The molecular formula is C27H35N5O3. The zero-order valence-corrected chi connectivity index (χ0v) is 21.4. The Kier molecular flexibility index (Phi) is 8.30. The summed E-state index contributed by atoms with van der Waals surface area (Å²) in [5.41, 5.74) is 4.38. The molecule has 3 amide bonds. The van der Waals surface area contributed by atoms with Crippen molar-refractivity contribution in [1.29, 1.82) is 0 Å². The normalized spacial score (nSPS) is 11.3. The van der Waals surface area contributed by atoms with E-state index in [2.05, 4.69) is 31.4 Å². The van der Waals surface area contributed by atoms with Gasteiger partial charge >= 0.3 is 6.03 Å². The third-order valence-electron chi connectivity index (χ3n) is 5.51. The Hall–Kier alpha value is -3.65. The first-order valence-corrected chi connectivity index (χ1v) is 11.7. The summed E-state index contributed by atoms with van der Waals surface area (Å²) in [4.78, 5) is 27.4. The summed E-state index contributed by atoms with van der Waals surface area (Å²) in [7, 11) is 1.56. The highest BCUT2D eigenvalue weighted by Crippen LogP contribution is 2.26. The van der Waals surface area contributed by atoms with Crippen molar-refractivity contribution < 1.29 is 14.3 Å². The minimum Gasteiger partial charge on any atom is -0.383 e. The Bertz CT molecular complexity index is 1150. The average molecular weight is 478 g/mol. The van der Waals surface area contributed by atoms with Crippen LogP contribution < -0.4 is 10.6 Å². The number of carbonyl (C=O) groups is 2. The molecule has 3 aromatic rings. The van der Waals surface area contributed by atoms with Gasteiger partial charge in [0.1, 0.15) is 12.4 Å². The Morgan fingerprint density at radius 1 is 0.971 bits per heavy atom. The maximum atomic E-state index is 13.1. The van der Waals surface area contributed by atoms with E-state index in [-0.39, 0.29) is 30.4 Å². The predicted octanol–water partition coefficient (Wildman–Crippen LogP) is 4.91. The number of aryl methyl sites for hydroxylation is 2. The number of anilines is 2. The van der Waals surface area contributed by atoms with Crippen molar-refractivity contribution >= 4 is 23.4 Å². The zero-order valence-electron chi connectivity index (χ0n) is 21.4. The Morgan fingerprint density at radius 3 is 2.14 bits per heavy atom. The number of urea groups is 1. The molecule has 3 rings (SSSR count). The van der Waals surface area contributed by atoms with Gasteiger partial charge in [0.05, 0.1) is 18.0 Å². The number of hydrogen-bond acceptors (Lipinski definition) is 4. The summed E-state index contributed by atoms with van der Waals surface area (Å²) >= 11 is 0. The molecule has 1 aromatic heterocycles. The van der Waals surface area contributed by atoms with E-state index in [1.165, 1.54) is 4.90 Å². The van der Waals surface area contributed by atoms with Crippen LogP contribution in [-0.4, -0.2) is 53.4 Å². The fourth-order valence-corrected chi connectivity index (χ4v) is 3.37. The number of methoxy groups -OCH3 is 1. The molecule has 0 aliphatic rings. The molecule has 8 heteroatoms. The second kappa shape index (κ2) is 11.2. The number of nitrogens with zero attached hydrogens (tertiary/aromatic N) is 3. The quantitative estimate of drug-likeness (QED) is 0.483. The van der Waals surface area contributed by atoms with Crippen LogP contribution in [0.15, 0.2) is 54.6 Å². The van der Waals surface area contributed by atoms with E-state index < -0.39 is 0 Å². The molecule has 0 saturated carbocycles. The van der Waals surface area contributed by atoms with Crippen LogP contribution in [-0.2, 0) is 14.9 Å². The SMILES string of the molecule is COCCN(CC(=O)Nc1cc(C(C)(C)C)nn1-c1ccc(C)cc1)C(=O)Nc1ccc(C)cc1. The fourth-order valence-electron chi connectivity index (χ4n) is 3.37. The van der Waals surface area contributed by atoms with E-state index in [0.717, 1.165) is 22.5 Å². The molecule has 1 heterocycles. The Labute approximate surface area is 207 Å². The Balaban J connectivity index is 1.79. The topological polar surface area (TPSA) is 88.5 Å². The highest BCUT2D eigenvalue weighted by Gasteiger charge is 2.23. The molecule has 2 aromatic carbocycles. The Morgan fingerprint density at radius 2 is 1.57 bits per heavy atom. The van der Waals surface area contributed by atoms with Crippen LogP contribution in [0, 0.1) is 13.8 Å². The first-order valence-electron chi connectivity index (χ1n) is 11.7. The van der Waals surface area contributed by atoms with Gasteiger partial charge in [-0.05, 0) is 38.1 Å². The number of rotatable bonds is 8. The average Bonchev–Trinajstić information content (AvgIpc) is 3.22. The highest BCUT2D eigenvalue weighted by atomic mass is 16.5. The van der Waals surface area contributed by atoms with Gasteiger partial charge in [-0.3, -0.25) is 4.79 Å². The summed E-state index contributed by atoms with van der Waals surface area (Å²) in [6, 6.07) is 16.9. The van der Waals surface area contributed by atoms with E-state index >= 15 is 0 Å². The van der Waals surface area contributed by atoms with Crippen LogP contribution in [0.2, 0.25) is 0 Å². The van der Waals surface area contributed by atoms with Gasteiger partial charge in [0.15, 0.2) is 0 Å². The molecule has 8 nitrogen and oxygen atoms in total. The molecule has 0 saturated heterocycles. The van der Waals surface area contributed by atoms with Gasteiger partial charge in [-0.1, -0.05) is 56.2 Å². The molecule has 0 aliphatic heterocycles. The van der Waals surface area contributed by atoms with E-state index in [1.807, 2.05) is 68.4 Å². The molecule has 0 bridgehead atoms. The van der Waals surface area contributed by atoms with Crippen molar-refractivity contribution in [2.24, 2.45) is 0 Å². The number of hydrogen-bond donors (Lipinski definition) is 2. The molecule has 0 atom stereocenters. The third kappa shape index (κ3) is 7.16. The molecule has 0 radical (unpaired) electrons. The van der Waals surface area contributed by atoms with Gasteiger partial charge in [0.25, 0.3) is 0 Å². The van der Waals surface area contributed by atoms with Gasteiger partial charge in [-0.2, -0.15) is 5.10 Å². The van der Waals surface area contributed by atoms with Gasteiger partial charge in [-0.25, -0.2) is 9.48 Å².